The average molecular weight is 313 g/mol. The molecular formula is C18H19NO4. The summed E-state index contributed by atoms with van der Waals surface area (Å²) in [5, 5.41) is 2.67. The molecule has 0 heterocycles. The summed E-state index contributed by atoms with van der Waals surface area (Å²) in [4.78, 5) is 23.8. The van der Waals surface area contributed by atoms with E-state index < -0.39 is 5.97 Å². The fraction of sp³-hybridized carbons (Fsp3) is 0.222. The van der Waals surface area contributed by atoms with Crippen LogP contribution in [0, 0.1) is 13.8 Å². The molecule has 0 saturated heterocycles. The molecule has 0 radical (unpaired) electrons. The average Bonchev–Trinajstić information content (AvgIpc) is 2.54. The zero-order valence-electron chi connectivity index (χ0n) is 13.4. The van der Waals surface area contributed by atoms with Crippen LogP contribution in [-0.4, -0.2) is 25.6 Å². The summed E-state index contributed by atoms with van der Waals surface area (Å²) >= 11 is 0. The number of hydrogen-bond acceptors (Lipinski definition) is 4. The first-order valence-corrected chi connectivity index (χ1v) is 7.19. The van der Waals surface area contributed by atoms with E-state index in [0.717, 1.165) is 11.1 Å². The Balaban J connectivity index is 2.05. The molecule has 2 rings (SSSR count). The van der Waals surface area contributed by atoms with E-state index in [2.05, 4.69) is 5.32 Å². The molecule has 0 fully saturated rings. The molecule has 0 aliphatic heterocycles. The molecule has 5 heteroatoms. The van der Waals surface area contributed by atoms with Gasteiger partial charge in [0.15, 0.2) is 6.61 Å². The molecule has 0 spiro atoms. The van der Waals surface area contributed by atoms with Crippen LogP contribution in [-0.2, 0) is 9.53 Å². The third kappa shape index (κ3) is 4.10. The van der Waals surface area contributed by atoms with Crippen molar-refractivity contribution >= 4 is 17.6 Å². The summed E-state index contributed by atoms with van der Waals surface area (Å²) < 4.78 is 10.3. The summed E-state index contributed by atoms with van der Waals surface area (Å²) in [6.45, 7) is 3.71. The van der Waals surface area contributed by atoms with Crippen molar-refractivity contribution in [2.24, 2.45) is 0 Å². The van der Waals surface area contributed by atoms with E-state index in [0.29, 0.717) is 17.0 Å². The minimum atomic E-state index is -0.503. The van der Waals surface area contributed by atoms with Gasteiger partial charge in [-0.25, -0.2) is 4.79 Å². The van der Waals surface area contributed by atoms with Gasteiger partial charge in [-0.2, -0.15) is 0 Å². The molecule has 2 aromatic carbocycles. The molecule has 2 aromatic rings. The molecule has 0 aliphatic carbocycles. The summed E-state index contributed by atoms with van der Waals surface area (Å²) in [6, 6.07) is 12.4. The molecule has 5 nitrogen and oxygen atoms in total. The first kappa shape index (κ1) is 16.5. The maximum absolute atomic E-state index is 12.1. The molecule has 0 bridgehead atoms. The lowest BCUT2D eigenvalue weighted by atomic mass is 10.1. The summed E-state index contributed by atoms with van der Waals surface area (Å²) in [5.41, 5.74) is 2.63. The SMILES string of the molecule is COC(=O)c1ccccc1NC(=O)COc1c(C)cccc1C. The number of ether oxygens (including phenoxy) is 2. The highest BCUT2D eigenvalue weighted by molar-refractivity contribution is 6.01. The number of methoxy groups -OCH3 is 1. The highest BCUT2D eigenvalue weighted by Crippen LogP contribution is 2.22. The van der Waals surface area contributed by atoms with Gasteiger partial charge >= 0.3 is 5.97 Å². The number of amides is 1. The van der Waals surface area contributed by atoms with Gasteiger partial charge in [0, 0.05) is 0 Å². The van der Waals surface area contributed by atoms with Crippen molar-refractivity contribution in [3.63, 3.8) is 0 Å². The Labute approximate surface area is 135 Å². The molecule has 0 atom stereocenters. The van der Waals surface area contributed by atoms with Crippen molar-refractivity contribution in [2.75, 3.05) is 19.0 Å². The largest absolute Gasteiger partial charge is 0.483 e. The Morgan fingerprint density at radius 2 is 1.65 bits per heavy atom. The van der Waals surface area contributed by atoms with Crippen LogP contribution >= 0.6 is 0 Å². The third-order valence-electron chi connectivity index (χ3n) is 3.36. The van der Waals surface area contributed by atoms with Crippen LogP contribution in [0.1, 0.15) is 21.5 Å². The van der Waals surface area contributed by atoms with Crippen molar-refractivity contribution in [3.05, 3.63) is 59.2 Å². The first-order valence-electron chi connectivity index (χ1n) is 7.19. The zero-order chi connectivity index (χ0) is 16.8. The molecule has 23 heavy (non-hydrogen) atoms. The molecule has 120 valence electrons. The highest BCUT2D eigenvalue weighted by atomic mass is 16.5. The minimum Gasteiger partial charge on any atom is -0.483 e. The minimum absolute atomic E-state index is 0.138. The van der Waals surface area contributed by atoms with Gasteiger partial charge in [0.05, 0.1) is 18.4 Å². The summed E-state index contributed by atoms with van der Waals surface area (Å²) in [5.74, 6) is -0.149. The highest BCUT2D eigenvalue weighted by Gasteiger charge is 2.14. The van der Waals surface area contributed by atoms with Crippen LogP contribution in [0.2, 0.25) is 0 Å². The lowest BCUT2D eigenvalue weighted by Gasteiger charge is -2.13. The summed E-state index contributed by atoms with van der Waals surface area (Å²) in [7, 11) is 1.30. The van der Waals surface area contributed by atoms with E-state index in [-0.39, 0.29) is 12.5 Å². The second-order valence-corrected chi connectivity index (χ2v) is 5.09. The Hall–Kier alpha value is -2.82. The van der Waals surface area contributed by atoms with Crippen molar-refractivity contribution in [1.82, 2.24) is 0 Å². The number of carbonyl (C=O) groups is 2. The molecule has 0 aromatic heterocycles. The summed E-state index contributed by atoms with van der Waals surface area (Å²) in [6.07, 6.45) is 0. The van der Waals surface area contributed by atoms with E-state index in [4.69, 9.17) is 9.47 Å². The van der Waals surface area contributed by atoms with E-state index in [1.807, 2.05) is 32.0 Å². The van der Waals surface area contributed by atoms with Gasteiger partial charge in [-0.15, -0.1) is 0 Å². The van der Waals surface area contributed by atoms with Crippen LogP contribution in [0.3, 0.4) is 0 Å². The Morgan fingerprint density at radius 3 is 2.30 bits per heavy atom. The quantitative estimate of drug-likeness (QED) is 0.861. The standard InChI is InChI=1S/C18H19NO4/c1-12-7-6-8-13(2)17(12)23-11-16(20)19-15-10-5-4-9-14(15)18(21)22-3/h4-10H,11H2,1-3H3,(H,19,20). The lowest BCUT2D eigenvalue weighted by molar-refractivity contribution is -0.118. The smallest absolute Gasteiger partial charge is 0.339 e. The van der Waals surface area contributed by atoms with Gasteiger partial charge < -0.3 is 14.8 Å². The predicted molar refractivity (Wildman–Crippen MR) is 87.8 cm³/mol. The number of para-hydroxylation sites is 2. The first-order chi connectivity index (χ1) is 11.0. The number of aryl methyl sites for hydroxylation is 2. The van der Waals surface area contributed by atoms with Crippen LogP contribution in [0.5, 0.6) is 5.75 Å². The van der Waals surface area contributed by atoms with Crippen LogP contribution in [0.4, 0.5) is 5.69 Å². The Bertz CT molecular complexity index is 704. The molecule has 1 N–H and O–H groups in total. The fourth-order valence-electron chi connectivity index (χ4n) is 2.23. The molecular weight excluding hydrogens is 294 g/mol. The number of benzene rings is 2. The number of esters is 1. The maximum Gasteiger partial charge on any atom is 0.339 e. The molecule has 1 amide bonds. The van der Waals surface area contributed by atoms with Gasteiger partial charge in [-0.05, 0) is 37.1 Å². The number of anilines is 1. The second kappa shape index (κ2) is 7.45. The Kier molecular flexibility index (Phi) is 5.36. The van der Waals surface area contributed by atoms with E-state index >= 15 is 0 Å². The number of hydrogen-bond donors (Lipinski definition) is 1. The maximum atomic E-state index is 12.1. The van der Waals surface area contributed by atoms with Gasteiger partial charge in [0.25, 0.3) is 5.91 Å². The van der Waals surface area contributed by atoms with Crippen LogP contribution < -0.4 is 10.1 Å². The van der Waals surface area contributed by atoms with Crippen molar-refractivity contribution in [1.29, 1.82) is 0 Å². The topological polar surface area (TPSA) is 64.6 Å². The van der Waals surface area contributed by atoms with Gasteiger partial charge in [-0.3, -0.25) is 4.79 Å². The predicted octanol–water partition coefficient (Wildman–Crippen LogP) is 3.11. The normalized spacial score (nSPS) is 10.0. The number of nitrogens with one attached hydrogen (secondary N) is 1. The molecule has 0 aliphatic rings. The monoisotopic (exact) mass is 313 g/mol. The van der Waals surface area contributed by atoms with Gasteiger partial charge in [0.1, 0.15) is 5.75 Å². The number of carbonyl (C=O) groups excluding carboxylic acids is 2. The third-order valence-corrected chi connectivity index (χ3v) is 3.36. The fourth-order valence-corrected chi connectivity index (χ4v) is 2.23. The second-order valence-electron chi connectivity index (χ2n) is 5.09. The Morgan fingerprint density at radius 1 is 1.00 bits per heavy atom. The molecule has 0 unspecified atom stereocenters. The number of rotatable bonds is 5. The van der Waals surface area contributed by atoms with E-state index in [1.165, 1.54) is 7.11 Å². The van der Waals surface area contributed by atoms with Gasteiger partial charge in [-0.1, -0.05) is 30.3 Å². The van der Waals surface area contributed by atoms with E-state index in [9.17, 15) is 9.59 Å². The van der Waals surface area contributed by atoms with E-state index in [1.54, 1.807) is 24.3 Å². The molecule has 0 saturated carbocycles. The van der Waals surface area contributed by atoms with Crippen molar-refractivity contribution in [2.45, 2.75) is 13.8 Å². The van der Waals surface area contributed by atoms with Gasteiger partial charge in [0.2, 0.25) is 0 Å². The van der Waals surface area contributed by atoms with Crippen LogP contribution in [0.25, 0.3) is 0 Å². The lowest BCUT2D eigenvalue weighted by Crippen LogP contribution is -2.22. The zero-order valence-corrected chi connectivity index (χ0v) is 13.4. The van der Waals surface area contributed by atoms with Crippen LogP contribution in [0.15, 0.2) is 42.5 Å². The van der Waals surface area contributed by atoms with Crippen molar-refractivity contribution in [3.8, 4) is 5.75 Å². The van der Waals surface area contributed by atoms with Crippen molar-refractivity contribution < 1.29 is 19.1 Å².